The van der Waals surface area contributed by atoms with Crippen molar-refractivity contribution < 1.29 is 19.1 Å². The summed E-state index contributed by atoms with van der Waals surface area (Å²) in [6.07, 6.45) is 4.92. The molecule has 0 unspecified atom stereocenters. The molecule has 2 aromatic heterocycles. The van der Waals surface area contributed by atoms with Gasteiger partial charge in [-0.2, -0.15) is 0 Å². The molecule has 0 radical (unpaired) electrons. The third kappa shape index (κ3) is 4.66. The van der Waals surface area contributed by atoms with Gasteiger partial charge in [-0.05, 0) is 67.8 Å². The van der Waals surface area contributed by atoms with Crippen LogP contribution in [0.15, 0.2) is 84.5 Å². The zero-order chi connectivity index (χ0) is 26.9. The molecule has 4 aromatic rings. The van der Waals surface area contributed by atoms with E-state index in [9.17, 15) is 14.4 Å². The topological polar surface area (TPSA) is 113 Å². The van der Waals surface area contributed by atoms with Crippen molar-refractivity contribution in [3.8, 4) is 11.5 Å². The van der Waals surface area contributed by atoms with Crippen LogP contribution in [-0.4, -0.2) is 34.6 Å². The van der Waals surface area contributed by atoms with E-state index in [1.807, 2.05) is 30.3 Å². The number of benzene rings is 2. The predicted molar refractivity (Wildman–Crippen MR) is 151 cm³/mol. The highest BCUT2D eigenvalue weighted by Gasteiger charge is 2.34. The van der Waals surface area contributed by atoms with Gasteiger partial charge in [0.15, 0.2) is 0 Å². The minimum atomic E-state index is -0.427. The lowest BCUT2D eigenvalue weighted by Gasteiger charge is -2.28. The van der Waals surface area contributed by atoms with Crippen molar-refractivity contribution in [2.24, 2.45) is 4.99 Å². The number of anilines is 3. The first-order valence-corrected chi connectivity index (χ1v) is 13.2. The average molecular weight is 538 g/mol. The molecule has 4 amide bonds. The van der Waals surface area contributed by atoms with Gasteiger partial charge in [0.05, 0.1) is 28.5 Å². The third-order valence-corrected chi connectivity index (χ3v) is 7.68. The number of aromatic nitrogens is 1. The molecule has 39 heavy (non-hydrogen) atoms. The molecule has 9 nitrogen and oxygen atoms in total. The molecule has 1 aliphatic heterocycles. The monoisotopic (exact) mass is 537 g/mol. The van der Waals surface area contributed by atoms with Crippen molar-refractivity contribution in [1.82, 2.24) is 10.3 Å². The number of rotatable bonds is 6. The lowest BCUT2D eigenvalue weighted by molar-refractivity contribution is -0.113. The summed E-state index contributed by atoms with van der Waals surface area (Å²) in [5.41, 5.74) is 2.34. The molecule has 3 heterocycles. The number of aliphatic imine (C=N–C) groups is 1. The van der Waals surface area contributed by atoms with Gasteiger partial charge in [0.25, 0.3) is 11.8 Å². The van der Waals surface area contributed by atoms with Gasteiger partial charge >= 0.3 is 6.03 Å². The van der Waals surface area contributed by atoms with Gasteiger partial charge in [-0.15, -0.1) is 11.3 Å². The Morgan fingerprint density at radius 2 is 1.90 bits per heavy atom. The number of nitrogens with one attached hydrogen (secondary N) is 2. The predicted octanol–water partition coefficient (Wildman–Crippen LogP) is 6.21. The number of ether oxygens (including phenoxy) is 1. The van der Waals surface area contributed by atoms with E-state index in [4.69, 9.17) is 4.74 Å². The van der Waals surface area contributed by atoms with E-state index >= 15 is 0 Å². The van der Waals surface area contributed by atoms with Crippen LogP contribution in [0.25, 0.3) is 10.2 Å². The second kappa shape index (κ2) is 10.1. The lowest BCUT2D eigenvalue weighted by Crippen LogP contribution is -2.39. The number of nitrogens with zero attached hydrogens (tertiary/aromatic N) is 3. The summed E-state index contributed by atoms with van der Waals surface area (Å²) >= 11 is 1.21. The van der Waals surface area contributed by atoms with Crippen molar-refractivity contribution in [1.29, 1.82) is 0 Å². The summed E-state index contributed by atoms with van der Waals surface area (Å²) in [5, 5.41) is 6.58. The number of amides is 4. The first kappa shape index (κ1) is 24.5. The Labute approximate surface area is 227 Å². The summed E-state index contributed by atoms with van der Waals surface area (Å²) in [4.78, 5) is 49.5. The highest BCUT2D eigenvalue weighted by atomic mass is 32.1. The molecule has 0 saturated heterocycles. The van der Waals surface area contributed by atoms with Crippen LogP contribution in [0.3, 0.4) is 0 Å². The van der Waals surface area contributed by atoms with Crippen LogP contribution in [0, 0.1) is 0 Å². The van der Waals surface area contributed by atoms with Crippen molar-refractivity contribution in [3.05, 3.63) is 84.4 Å². The van der Waals surface area contributed by atoms with Gasteiger partial charge in [0.1, 0.15) is 21.2 Å². The second-order valence-electron chi connectivity index (χ2n) is 9.05. The number of thiophene rings is 1. The molecule has 194 valence electrons. The lowest BCUT2D eigenvalue weighted by atomic mass is 10.1. The molecule has 1 aliphatic carbocycles. The van der Waals surface area contributed by atoms with Gasteiger partial charge in [0, 0.05) is 11.9 Å². The normalized spacial score (nSPS) is 17.2. The fourth-order valence-corrected chi connectivity index (χ4v) is 5.84. The molecule has 2 aliphatic rings. The van der Waals surface area contributed by atoms with Gasteiger partial charge in [-0.25, -0.2) is 14.8 Å². The maximum absolute atomic E-state index is 13.4. The summed E-state index contributed by atoms with van der Waals surface area (Å²) in [5.74, 6) is 0.584. The quantitative estimate of drug-likeness (QED) is 0.284. The molecule has 1 atom stereocenters. The average Bonchev–Trinajstić information content (AvgIpc) is 3.54. The van der Waals surface area contributed by atoms with E-state index in [1.165, 1.54) is 11.3 Å². The van der Waals surface area contributed by atoms with Crippen molar-refractivity contribution in [2.45, 2.75) is 25.3 Å². The minimum Gasteiger partial charge on any atom is -0.457 e. The number of carbonyl (C=O) groups excluding carboxylic acids is 3. The summed E-state index contributed by atoms with van der Waals surface area (Å²) in [7, 11) is 0. The van der Waals surface area contributed by atoms with E-state index in [-0.39, 0.29) is 18.0 Å². The van der Waals surface area contributed by atoms with Gasteiger partial charge < -0.3 is 15.4 Å². The van der Waals surface area contributed by atoms with Crippen molar-refractivity contribution >= 4 is 62.2 Å². The molecule has 2 aromatic carbocycles. The Morgan fingerprint density at radius 1 is 1.13 bits per heavy atom. The van der Waals surface area contributed by atoms with E-state index in [1.54, 1.807) is 41.4 Å². The van der Waals surface area contributed by atoms with E-state index < -0.39 is 5.91 Å². The standard InChI is InChI=1S/C29H23N5O4S/c1-2-23(35)31-20-9-6-10-21(20)32-27(36)26-25-24-22(15-16-30-28(24)39-26)34(29(37)33-25)17-11-13-19(14-12-17)38-18-7-4-3-5-8-18/h2-5,7-8,11-16,21H,1,6,9-10H2,(H,32,36)(H,33,37)/b31-20+/t21-/m0/s1. The van der Waals surface area contributed by atoms with Crippen molar-refractivity contribution in [3.63, 3.8) is 0 Å². The first-order valence-electron chi connectivity index (χ1n) is 12.4. The first-order chi connectivity index (χ1) is 19.0. The fraction of sp³-hybridized carbons (Fsp3) is 0.138. The number of hydrogen-bond donors (Lipinski definition) is 2. The zero-order valence-corrected chi connectivity index (χ0v) is 21.5. The number of para-hydroxylation sites is 1. The van der Waals surface area contributed by atoms with E-state index in [0.717, 1.165) is 12.5 Å². The Hall–Kier alpha value is -4.83. The van der Waals surface area contributed by atoms with Crippen LogP contribution in [0.1, 0.15) is 28.9 Å². The Balaban J connectivity index is 1.29. The second-order valence-corrected chi connectivity index (χ2v) is 10.1. The number of urea groups is 1. The number of carbonyl (C=O) groups is 3. The van der Waals surface area contributed by atoms with Gasteiger partial charge in [0.2, 0.25) is 0 Å². The maximum atomic E-state index is 13.4. The molecule has 2 N–H and O–H groups in total. The molecule has 0 bridgehead atoms. The minimum absolute atomic E-state index is 0.347. The molecule has 1 saturated carbocycles. The smallest absolute Gasteiger partial charge is 0.331 e. The van der Waals surface area contributed by atoms with Crippen LogP contribution in [0.5, 0.6) is 11.5 Å². The number of hydrogen-bond acceptors (Lipinski definition) is 6. The largest absolute Gasteiger partial charge is 0.457 e. The van der Waals surface area contributed by atoms with Crippen LogP contribution in [-0.2, 0) is 4.79 Å². The molecule has 10 heteroatoms. The van der Waals surface area contributed by atoms with Gasteiger partial charge in [-0.1, -0.05) is 24.8 Å². The van der Waals surface area contributed by atoms with E-state index in [2.05, 4.69) is 27.2 Å². The summed E-state index contributed by atoms with van der Waals surface area (Å²) in [6.45, 7) is 3.45. The number of pyridine rings is 1. The summed E-state index contributed by atoms with van der Waals surface area (Å²) in [6, 6.07) is 17.7. The van der Waals surface area contributed by atoms with Crippen LogP contribution in [0.2, 0.25) is 0 Å². The maximum Gasteiger partial charge on any atom is 0.331 e. The van der Waals surface area contributed by atoms with E-state index in [0.29, 0.717) is 62.2 Å². The SMILES string of the molecule is C=CC(=O)/N=C1\CCC[C@@H]1NC(=O)c1sc2nccc3c2c1NC(=O)N3c1ccc(Oc2ccccc2)cc1. The Morgan fingerprint density at radius 3 is 2.67 bits per heavy atom. The summed E-state index contributed by atoms with van der Waals surface area (Å²) < 4.78 is 5.88. The Kier molecular flexibility index (Phi) is 6.37. The van der Waals surface area contributed by atoms with Gasteiger partial charge in [-0.3, -0.25) is 14.5 Å². The molecule has 1 fully saturated rings. The van der Waals surface area contributed by atoms with Crippen LogP contribution >= 0.6 is 11.3 Å². The molecule has 6 rings (SSSR count). The highest BCUT2D eigenvalue weighted by Crippen LogP contribution is 2.46. The third-order valence-electron chi connectivity index (χ3n) is 6.59. The Bertz CT molecular complexity index is 1650. The fourth-order valence-electron chi connectivity index (χ4n) is 4.82. The molecular formula is C29H23N5O4S. The molecular weight excluding hydrogens is 514 g/mol. The zero-order valence-electron chi connectivity index (χ0n) is 20.7. The van der Waals surface area contributed by atoms with Crippen LogP contribution < -0.4 is 20.3 Å². The van der Waals surface area contributed by atoms with Crippen molar-refractivity contribution in [2.75, 3.05) is 10.2 Å². The molecule has 0 spiro atoms. The van der Waals surface area contributed by atoms with Crippen LogP contribution in [0.4, 0.5) is 21.9 Å². The highest BCUT2D eigenvalue weighted by molar-refractivity contribution is 7.21.